The minimum atomic E-state index is -0.420. The van der Waals surface area contributed by atoms with Gasteiger partial charge in [-0.2, -0.15) is 5.10 Å². The smallest absolute Gasteiger partial charge is 0.276 e. The molecule has 2 aromatic heterocycles. The van der Waals surface area contributed by atoms with E-state index in [1.165, 1.54) is 10.9 Å². The van der Waals surface area contributed by atoms with E-state index in [4.69, 9.17) is 0 Å². The molecule has 122 valence electrons. The number of nitrogens with zero attached hydrogens (tertiary/aromatic N) is 3. The molecule has 1 aromatic carbocycles. The second kappa shape index (κ2) is 6.91. The highest BCUT2D eigenvalue weighted by Crippen LogP contribution is 2.18. The second-order valence-electron chi connectivity index (χ2n) is 5.46. The molecule has 0 saturated carbocycles. The van der Waals surface area contributed by atoms with E-state index in [2.05, 4.69) is 20.4 Å². The van der Waals surface area contributed by atoms with Crippen LogP contribution in [0.1, 0.15) is 24.8 Å². The Kier molecular flexibility index (Phi) is 4.51. The number of benzene rings is 1. The fourth-order valence-corrected chi connectivity index (χ4v) is 2.36. The molecule has 2 heterocycles. The maximum absolute atomic E-state index is 12.2. The summed E-state index contributed by atoms with van der Waals surface area (Å²) in [5, 5.41) is 6.60. The fraction of sp³-hybridized carbons (Fsp3) is 0.176. The minimum absolute atomic E-state index is 0.0570. The van der Waals surface area contributed by atoms with Gasteiger partial charge in [0.25, 0.3) is 5.56 Å². The molecule has 0 spiro atoms. The van der Waals surface area contributed by atoms with Gasteiger partial charge < -0.3 is 5.32 Å². The standard InChI is InChI=1S/C17H17N5O2/c1-12(13-6-3-2-4-7-13)10-15(23)20-14-11-18-17(21-16(14)24)22-9-5-8-19-22/h2-9,11-12H,10H2,1H3,(H,20,23)(H,18,21,24). The molecule has 0 saturated heterocycles. The molecule has 3 rings (SSSR count). The van der Waals surface area contributed by atoms with E-state index in [-0.39, 0.29) is 23.9 Å². The predicted octanol–water partition coefficient (Wildman–Crippen LogP) is 2.09. The van der Waals surface area contributed by atoms with Crippen molar-refractivity contribution in [3.05, 3.63) is 70.9 Å². The summed E-state index contributed by atoms with van der Waals surface area (Å²) in [6, 6.07) is 11.5. The van der Waals surface area contributed by atoms with Crippen LogP contribution in [0.25, 0.3) is 5.95 Å². The van der Waals surface area contributed by atoms with E-state index in [1.54, 1.807) is 18.5 Å². The lowest BCUT2D eigenvalue weighted by Gasteiger charge is -2.11. The number of anilines is 1. The van der Waals surface area contributed by atoms with Gasteiger partial charge in [0.2, 0.25) is 11.9 Å². The SMILES string of the molecule is CC(CC(=O)Nc1cnc(-n2cccn2)[nH]c1=O)c1ccccc1. The summed E-state index contributed by atoms with van der Waals surface area (Å²) < 4.78 is 1.43. The Morgan fingerprint density at radius 3 is 2.75 bits per heavy atom. The highest BCUT2D eigenvalue weighted by molar-refractivity contribution is 5.90. The monoisotopic (exact) mass is 323 g/mol. The molecule has 7 nitrogen and oxygen atoms in total. The summed E-state index contributed by atoms with van der Waals surface area (Å²) >= 11 is 0. The third kappa shape index (κ3) is 3.57. The number of carbonyl (C=O) groups excluding carboxylic acids is 1. The van der Waals surface area contributed by atoms with Crippen molar-refractivity contribution in [2.45, 2.75) is 19.3 Å². The molecule has 7 heteroatoms. The molecule has 0 fully saturated rings. The Balaban J connectivity index is 1.67. The molecule has 3 aromatic rings. The first-order chi connectivity index (χ1) is 11.6. The Morgan fingerprint density at radius 1 is 1.29 bits per heavy atom. The predicted molar refractivity (Wildman–Crippen MR) is 90.1 cm³/mol. The van der Waals surface area contributed by atoms with Gasteiger partial charge in [-0.15, -0.1) is 0 Å². The molecule has 0 radical (unpaired) electrons. The van der Waals surface area contributed by atoms with Crippen LogP contribution in [0.2, 0.25) is 0 Å². The number of nitrogens with one attached hydrogen (secondary N) is 2. The number of aromatic amines is 1. The quantitative estimate of drug-likeness (QED) is 0.752. The van der Waals surface area contributed by atoms with Crippen molar-refractivity contribution in [1.29, 1.82) is 0 Å². The normalized spacial score (nSPS) is 11.9. The first-order valence-electron chi connectivity index (χ1n) is 7.57. The first-order valence-corrected chi connectivity index (χ1v) is 7.57. The van der Waals surface area contributed by atoms with Gasteiger partial charge >= 0.3 is 0 Å². The van der Waals surface area contributed by atoms with Crippen LogP contribution in [0.3, 0.4) is 0 Å². The molecule has 1 amide bonds. The van der Waals surface area contributed by atoms with Crippen LogP contribution in [0.15, 0.2) is 59.8 Å². The molecule has 0 aliphatic rings. The van der Waals surface area contributed by atoms with E-state index >= 15 is 0 Å². The zero-order chi connectivity index (χ0) is 16.9. The van der Waals surface area contributed by atoms with Crippen molar-refractivity contribution in [2.24, 2.45) is 0 Å². The third-order valence-corrected chi connectivity index (χ3v) is 3.64. The maximum Gasteiger partial charge on any atom is 0.276 e. The molecule has 2 N–H and O–H groups in total. The average molecular weight is 323 g/mol. The van der Waals surface area contributed by atoms with Crippen LogP contribution in [-0.4, -0.2) is 25.7 Å². The number of aromatic nitrogens is 4. The Bertz CT molecular complexity index is 872. The minimum Gasteiger partial charge on any atom is -0.320 e. The van der Waals surface area contributed by atoms with Gasteiger partial charge in [-0.05, 0) is 17.5 Å². The zero-order valence-electron chi connectivity index (χ0n) is 13.1. The van der Waals surface area contributed by atoms with E-state index < -0.39 is 5.56 Å². The summed E-state index contributed by atoms with van der Waals surface area (Å²) in [6.45, 7) is 1.97. The number of rotatable bonds is 5. The summed E-state index contributed by atoms with van der Waals surface area (Å²) in [7, 11) is 0. The lowest BCUT2D eigenvalue weighted by atomic mass is 9.97. The third-order valence-electron chi connectivity index (χ3n) is 3.64. The molecule has 0 aliphatic heterocycles. The topological polar surface area (TPSA) is 92.7 Å². The highest BCUT2D eigenvalue weighted by atomic mass is 16.2. The van der Waals surface area contributed by atoms with Crippen LogP contribution in [0, 0.1) is 0 Å². The maximum atomic E-state index is 12.2. The van der Waals surface area contributed by atoms with Crippen LogP contribution >= 0.6 is 0 Å². The van der Waals surface area contributed by atoms with Gasteiger partial charge in [-0.25, -0.2) is 9.67 Å². The Labute approximate surface area is 138 Å². The largest absolute Gasteiger partial charge is 0.320 e. The van der Waals surface area contributed by atoms with E-state index in [0.717, 1.165) is 5.56 Å². The highest BCUT2D eigenvalue weighted by Gasteiger charge is 2.13. The van der Waals surface area contributed by atoms with Crippen molar-refractivity contribution in [3.63, 3.8) is 0 Å². The molecular weight excluding hydrogens is 306 g/mol. The molecule has 1 atom stereocenters. The van der Waals surface area contributed by atoms with Crippen LogP contribution < -0.4 is 10.9 Å². The Hall–Kier alpha value is -3.22. The number of amides is 1. The van der Waals surface area contributed by atoms with Crippen molar-refractivity contribution in [2.75, 3.05) is 5.32 Å². The number of hydrogen-bond donors (Lipinski definition) is 2. The first kappa shape index (κ1) is 15.7. The number of H-pyrrole nitrogens is 1. The van der Waals surface area contributed by atoms with Gasteiger partial charge in [0.1, 0.15) is 5.69 Å². The summed E-state index contributed by atoms with van der Waals surface area (Å²) in [4.78, 5) is 30.9. The lowest BCUT2D eigenvalue weighted by molar-refractivity contribution is -0.116. The van der Waals surface area contributed by atoms with E-state index in [0.29, 0.717) is 5.95 Å². The zero-order valence-corrected chi connectivity index (χ0v) is 13.1. The van der Waals surface area contributed by atoms with E-state index in [9.17, 15) is 9.59 Å². The second-order valence-corrected chi connectivity index (χ2v) is 5.46. The summed E-state index contributed by atoms with van der Waals surface area (Å²) in [6.07, 6.45) is 4.87. The van der Waals surface area contributed by atoms with Crippen molar-refractivity contribution >= 4 is 11.6 Å². The Morgan fingerprint density at radius 2 is 2.08 bits per heavy atom. The van der Waals surface area contributed by atoms with Gasteiger partial charge in [0, 0.05) is 18.8 Å². The summed E-state index contributed by atoms with van der Waals surface area (Å²) in [5.74, 6) is 0.118. The fourth-order valence-electron chi connectivity index (χ4n) is 2.36. The van der Waals surface area contributed by atoms with Crippen LogP contribution in [0.5, 0.6) is 0 Å². The van der Waals surface area contributed by atoms with Crippen molar-refractivity contribution < 1.29 is 4.79 Å². The molecular formula is C17H17N5O2. The molecule has 0 bridgehead atoms. The number of carbonyl (C=O) groups is 1. The van der Waals surface area contributed by atoms with E-state index in [1.807, 2.05) is 37.3 Å². The molecule has 0 aliphatic carbocycles. The van der Waals surface area contributed by atoms with Crippen molar-refractivity contribution in [3.8, 4) is 5.95 Å². The van der Waals surface area contributed by atoms with Crippen LogP contribution in [-0.2, 0) is 4.79 Å². The van der Waals surface area contributed by atoms with Crippen LogP contribution in [0.4, 0.5) is 5.69 Å². The van der Waals surface area contributed by atoms with Gasteiger partial charge in [-0.3, -0.25) is 14.6 Å². The average Bonchev–Trinajstić information content (AvgIpc) is 3.12. The van der Waals surface area contributed by atoms with Gasteiger partial charge in [-0.1, -0.05) is 37.3 Å². The van der Waals surface area contributed by atoms with Gasteiger partial charge in [0.15, 0.2) is 0 Å². The van der Waals surface area contributed by atoms with Gasteiger partial charge in [0.05, 0.1) is 6.20 Å². The lowest BCUT2D eigenvalue weighted by Crippen LogP contribution is -2.22. The molecule has 24 heavy (non-hydrogen) atoms. The summed E-state index contributed by atoms with van der Waals surface area (Å²) in [5.41, 5.74) is 0.779. The molecule has 1 unspecified atom stereocenters. The van der Waals surface area contributed by atoms with Crippen molar-refractivity contribution in [1.82, 2.24) is 19.7 Å². The number of hydrogen-bond acceptors (Lipinski definition) is 4.